The summed E-state index contributed by atoms with van der Waals surface area (Å²) in [6, 6.07) is 2.84. The van der Waals surface area contributed by atoms with Gasteiger partial charge in [-0.3, -0.25) is 10.2 Å². The first-order chi connectivity index (χ1) is 12.1. The molecular weight excluding hydrogens is 318 g/mol. The predicted molar refractivity (Wildman–Crippen MR) is 97.6 cm³/mol. The molecule has 1 saturated carbocycles. The van der Waals surface area contributed by atoms with Gasteiger partial charge in [-0.2, -0.15) is 0 Å². The van der Waals surface area contributed by atoms with Gasteiger partial charge in [0.05, 0.1) is 0 Å². The summed E-state index contributed by atoms with van der Waals surface area (Å²) in [5, 5.41) is 6.59. The van der Waals surface area contributed by atoms with Crippen molar-refractivity contribution in [2.45, 2.75) is 56.7 Å². The Morgan fingerprint density at radius 2 is 1.88 bits per heavy atom. The number of aromatic nitrogens is 1. The summed E-state index contributed by atoms with van der Waals surface area (Å²) in [7, 11) is 6.35. The molecule has 1 aromatic heterocycles. The molecule has 2 heterocycles. The predicted octanol–water partition coefficient (Wildman–Crippen LogP) is 2.48. The van der Waals surface area contributed by atoms with Crippen molar-refractivity contribution in [3.63, 3.8) is 0 Å². The topological polar surface area (TPSA) is 64.8 Å². The number of hydrogen-bond donors (Lipinski definition) is 1. The number of likely N-dealkylation sites (N-methyl/N-ethyl adjacent to an activating group) is 2. The van der Waals surface area contributed by atoms with Crippen LogP contribution in [0, 0.1) is 0 Å². The zero-order chi connectivity index (χ0) is 17.8. The Morgan fingerprint density at radius 1 is 1.20 bits per heavy atom. The Kier molecular flexibility index (Phi) is 5.96. The SMILES string of the molecule is CN1CCC(N(C)C2CCCCC2N(C)C(=O)Nc2ccon2)CC1. The molecule has 2 amide bonds. The minimum Gasteiger partial charge on any atom is -0.363 e. The molecule has 1 aromatic rings. The lowest BCUT2D eigenvalue weighted by atomic mass is 9.87. The van der Waals surface area contributed by atoms with E-state index in [2.05, 4.69) is 34.4 Å². The van der Waals surface area contributed by atoms with Crippen molar-refractivity contribution in [3.05, 3.63) is 12.3 Å². The second-order valence-electron chi connectivity index (χ2n) is 7.54. The van der Waals surface area contributed by atoms with Crippen molar-refractivity contribution in [3.8, 4) is 0 Å². The van der Waals surface area contributed by atoms with Crippen LogP contribution in [0.1, 0.15) is 38.5 Å². The minimum atomic E-state index is -0.109. The Hall–Kier alpha value is -1.60. The largest absolute Gasteiger partial charge is 0.363 e. The quantitative estimate of drug-likeness (QED) is 0.905. The van der Waals surface area contributed by atoms with Gasteiger partial charge in [0.1, 0.15) is 6.26 Å². The van der Waals surface area contributed by atoms with Crippen LogP contribution < -0.4 is 5.32 Å². The second-order valence-corrected chi connectivity index (χ2v) is 7.54. The molecule has 1 N–H and O–H groups in total. The van der Waals surface area contributed by atoms with E-state index in [4.69, 9.17) is 4.52 Å². The number of hydrogen-bond acceptors (Lipinski definition) is 5. The van der Waals surface area contributed by atoms with Crippen LogP contribution in [0.25, 0.3) is 0 Å². The molecule has 1 aliphatic carbocycles. The molecule has 0 spiro atoms. The first kappa shape index (κ1) is 18.2. The van der Waals surface area contributed by atoms with Crippen LogP contribution >= 0.6 is 0 Å². The van der Waals surface area contributed by atoms with E-state index in [1.165, 1.54) is 31.9 Å². The maximum atomic E-state index is 12.6. The number of amides is 2. The lowest BCUT2D eigenvalue weighted by molar-refractivity contribution is 0.0443. The molecule has 7 nitrogen and oxygen atoms in total. The molecule has 2 atom stereocenters. The van der Waals surface area contributed by atoms with Gasteiger partial charge in [0, 0.05) is 31.2 Å². The number of nitrogens with one attached hydrogen (secondary N) is 1. The molecule has 25 heavy (non-hydrogen) atoms. The summed E-state index contributed by atoms with van der Waals surface area (Å²) in [5.74, 6) is 0.466. The highest BCUT2D eigenvalue weighted by atomic mass is 16.5. The first-order valence-corrected chi connectivity index (χ1v) is 9.41. The lowest BCUT2D eigenvalue weighted by Gasteiger charge is -2.46. The molecule has 0 radical (unpaired) electrons. The molecular formula is C18H31N5O2. The average Bonchev–Trinajstić information content (AvgIpc) is 3.14. The van der Waals surface area contributed by atoms with E-state index in [-0.39, 0.29) is 12.1 Å². The Morgan fingerprint density at radius 3 is 2.52 bits per heavy atom. The van der Waals surface area contributed by atoms with Gasteiger partial charge in [0.2, 0.25) is 0 Å². The Balaban J connectivity index is 1.64. The lowest BCUT2D eigenvalue weighted by Crippen LogP contribution is -2.57. The fraction of sp³-hybridized carbons (Fsp3) is 0.778. The van der Waals surface area contributed by atoms with E-state index in [0.29, 0.717) is 17.9 Å². The standard InChI is InChI=1S/C18H31N5O2/c1-21-11-8-14(9-12-21)22(2)15-6-4-5-7-16(15)23(3)18(24)19-17-10-13-25-20-17/h10,13-16H,4-9,11-12H2,1-3H3,(H,19,20,24). The smallest absolute Gasteiger partial charge is 0.323 e. The van der Waals surface area contributed by atoms with Gasteiger partial charge >= 0.3 is 6.03 Å². The number of likely N-dealkylation sites (tertiary alicyclic amines) is 1. The van der Waals surface area contributed by atoms with Crippen molar-refractivity contribution in [2.75, 3.05) is 39.5 Å². The van der Waals surface area contributed by atoms with Crippen LogP contribution in [0.15, 0.2) is 16.9 Å². The van der Waals surface area contributed by atoms with Gasteiger partial charge in [-0.25, -0.2) is 4.79 Å². The number of nitrogens with zero attached hydrogens (tertiary/aromatic N) is 4. The van der Waals surface area contributed by atoms with Crippen molar-refractivity contribution in [1.82, 2.24) is 19.9 Å². The summed E-state index contributed by atoms with van der Waals surface area (Å²) in [4.78, 5) is 19.4. The third kappa shape index (κ3) is 4.33. The van der Waals surface area contributed by atoms with Crippen LogP contribution in [0.4, 0.5) is 10.6 Å². The van der Waals surface area contributed by atoms with Gasteiger partial charge in [-0.05, 0) is 52.9 Å². The molecule has 1 saturated heterocycles. The van der Waals surface area contributed by atoms with Gasteiger partial charge in [-0.1, -0.05) is 18.0 Å². The van der Waals surface area contributed by atoms with Crippen molar-refractivity contribution in [2.24, 2.45) is 0 Å². The Labute approximate surface area is 150 Å². The number of anilines is 1. The molecule has 2 aliphatic rings. The fourth-order valence-electron chi connectivity index (χ4n) is 4.32. The van der Waals surface area contributed by atoms with Crippen LogP contribution in [0.2, 0.25) is 0 Å². The molecule has 140 valence electrons. The second kappa shape index (κ2) is 8.19. The fourth-order valence-corrected chi connectivity index (χ4v) is 4.32. The summed E-state index contributed by atoms with van der Waals surface area (Å²) < 4.78 is 4.79. The molecule has 7 heteroatoms. The van der Waals surface area contributed by atoms with Gasteiger partial charge in [0.15, 0.2) is 5.82 Å². The monoisotopic (exact) mass is 349 g/mol. The molecule has 0 bridgehead atoms. The summed E-state index contributed by atoms with van der Waals surface area (Å²) in [6.07, 6.45) is 8.54. The first-order valence-electron chi connectivity index (χ1n) is 9.41. The summed E-state index contributed by atoms with van der Waals surface area (Å²) in [6.45, 7) is 2.32. The number of rotatable bonds is 4. The number of urea groups is 1. The third-order valence-corrected chi connectivity index (χ3v) is 5.97. The van der Waals surface area contributed by atoms with Crippen LogP contribution in [-0.4, -0.2) is 78.2 Å². The molecule has 2 unspecified atom stereocenters. The van der Waals surface area contributed by atoms with E-state index in [1.807, 2.05) is 11.9 Å². The molecule has 2 fully saturated rings. The van der Waals surface area contributed by atoms with Gasteiger partial charge in [0.25, 0.3) is 0 Å². The van der Waals surface area contributed by atoms with Crippen molar-refractivity contribution in [1.29, 1.82) is 0 Å². The van der Waals surface area contributed by atoms with E-state index < -0.39 is 0 Å². The van der Waals surface area contributed by atoms with Crippen LogP contribution in [0.5, 0.6) is 0 Å². The zero-order valence-electron chi connectivity index (χ0n) is 15.6. The minimum absolute atomic E-state index is 0.109. The van der Waals surface area contributed by atoms with Crippen LogP contribution in [-0.2, 0) is 0 Å². The maximum absolute atomic E-state index is 12.6. The number of piperidine rings is 1. The van der Waals surface area contributed by atoms with E-state index >= 15 is 0 Å². The highest BCUT2D eigenvalue weighted by Crippen LogP contribution is 2.29. The van der Waals surface area contributed by atoms with Crippen molar-refractivity contribution >= 4 is 11.8 Å². The molecule has 1 aliphatic heterocycles. The Bertz CT molecular complexity index is 542. The molecule has 3 rings (SSSR count). The summed E-state index contributed by atoms with van der Waals surface area (Å²) >= 11 is 0. The number of carbonyl (C=O) groups excluding carboxylic acids is 1. The highest BCUT2D eigenvalue weighted by molar-refractivity contribution is 5.88. The van der Waals surface area contributed by atoms with Gasteiger partial charge < -0.3 is 14.3 Å². The van der Waals surface area contributed by atoms with E-state index in [9.17, 15) is 4.79 Å². The van der Waals surface area contributed by atoms with Crippen molar-refractivity contribution < 1.29 is 9.32 Å². The van der Waals surface area contributed by atoms with E-state index in [0.717, 1.165) is 25.9 Å². The highest BCUT2D eigenvalue weighted by Gasteiger charge is 2.36. The number of carbonyl (C=O) groups is 1. The maximum Gasteiger partial charge on any atom is 0.323 e. The third-order valence-electron chi connectivity index (χ3n) is 5.97. The summed E-state index contributed by atoms with van der Waals surface area (Å²) in [5.41, 5.74) is 0. The normalized spacial score (nSPS) is 25.9. The molecule has 0 aromatic carbocycles. The van der Waals surface area contributed by atoms with Gasteiger partial charge in [-0.15, -0.1) is 0 Å². The van der Waals surface area contributed by atoms with E-state index in [1.54, 1.807) is 6.07 Å². The average molecular weight is 349 g/mol. The van der Waals surface area contributed by atoms with Crippen LogP contribution in [0.3, 0.4) is 0 Å². The zero-order valence-corrected chi connectivity index (χ0v) is 15.6.